The van der Waals surface area contributed by atoms with Crippen molar-refractivity contribution in [3.8, 4) is 0 Å². The second-order valence-corrected chi connectivity index (χ2v) is 4.24. The van der Waals surface area contributed by atoms with Crippen LogP contribution in [0.15, 0.2) is 70.0 Å². The van der Waals surface area contributed by atoms with Gasteiger partial charge in [0, 0.05) is 12.1 Å². The zero-order valence-corrected chi connectivity index (χ0v) is 11.1. The third-order valence-electron chi connectivity index (χ3n) is 2.41. The van der Waals surface area contributed by atoms with Gasteiger partial charge in [-0.05, 0) is 35.9 Å². The van der Waals surface area contributed by atoms with Crippen LogP contribution < -0.4 is 0 Å². The molecule has 0 aliphatic heterocycles. The molecule has 2 aromatic carbocycles. The van der Waals surface area contributed by atoms with Gasteiger partial charge in [-0.1, -0.05) is 29.8 Å². The molecule has 5 nitrogen and oxygen atoms in total. The topological polar surface area (TPSA) is 67.9 Å². The number of hydrogen-bond donors (Lipinski definition) is 0. The molecule has 0 fully saturated rings. The van der Waals surface area contributed by atoms with E-state index in [1.165, 1.54) is 12.1 Å². The molecule has 2 aromatic rings. The SMILES string of the molecule is O=[N+]([O-])c1ccc(/C=C(\Cl)N=Nc2ccccc2)cc1. The van der Waals surface area contributed by atoms with Gasteiger partial charge in [-0.15, -0.1) is 10.2 Å². The van der Waals surface area contributed by atoms with Crippen LogP contribution in [0.3, 0.4) is 0 Å². The Balaban J connectivity index is 2.10. The minimum absolute atomic E-state index is 0.0317. The van der Waals surface area contributed by atoms with E-state index in [1.54, 1.807) is 30.3 Å². The fourth-order valence-corrected chi connectivity index (χ4v) is 1.62. The first-order chi connectivity index (χ1) is 9.65. The smallest absolute Gasteiger partial charge is 0.258 e. The number of rotatable bonds is 4. The Kier molecular flexibility index (Phi) is 4.57. The third kappa shape index (κ3) is 4.00. The number of nitrogens with zero attached hydrogens (tertiary/aromatic N) is 3. The van der Waals surface area contributed by atoms with Crippen molar-refractivity contribution in [1.29, 1.82) is 0 Å². The van der Waals surface area contributed by atoms with Gasteiger partial charge in [-0.3, -0.25) is 10.1 Å². The number of nitro benzene ring substituents is 1. The first-order valence-corrected chi connectivity index (χ1v) is 6.11. The standard InChI is InChI=1S/C14H10ClN3O2/c15-14(17-16-12-4-2-1-3-5-12)10-11-6-8-13(9-7-11)18(19)20/h1-10H/b14-10+,17-16?. The Hall–Kier alpha value is -2.53. The largest absolute Gasteiger partial charge is 0.269 e. The molecule has 0 saturated heterocycles. The predicted molar refractivity (Wildman–Crippen MR) is 77.9 cm³/mol. The highest BCUT2D eigenvalue weighted by Gasteiger charge is 2.02. The minimum atomic E-state index is -0.454. The van der Waals surface area contributed by atoms with Crippen molar-refractivity contribution in [3.63, 3.8) is 0 Å². The molecule has 20 heavy (non-hydrogen) atoms. The van der Waals surface area contributed by atoms with Crippen LogP contribution in [0.25, 0.3) is 6.08 Å². The lowest BCUT2D eigenvalue weighted by atomic mass is 10.2. The van der Waals surface area contributed by atoms with Gasteiger partial charge in [0.15, 0.2) is 5.16 Å². The maximum Gasteiger partial charge on any atom is 0.269 e. The Labute approximate surface area is 120 Å². The Morgan fingerprint density at radius 2 is 1.75 bits per heavy atom. The van der Waals surface area contributed by atoms with Gasteiger partial charge in [0.1, 0.15) is 0 Å². The number of nitro groups is 1. The summed E-state index contributed by atoms with van der Waals surface area (Å²) in [6.07, 6.45) is 1.58. The van der Waals surface area contributed by atoms with E-state index in [1.807, 2.05) is 18.2 Å². The lowest BCUT2D eigenvalue weighted by Crippen LogP contribution is -1.86. The van der Waals surface area contributed by atoms with E-state index in [9.17, 15) is 10.1 Å². The van der Waals surface area contributed by atoms with Gasteiger partial charge in [-0.2, -0.15) is 0 Å². The molecule has 0 atom stereocenters. The van der Waals surface area contributed by atoms with Gasteiger partial charge < -0.3 is 0 Å². The number of azo groups is 1. The average Bonchev–Trinajstić information content (AvgIpc) is 2.47. The summed E-state index contributed by atoms with van der Waals surface area (Å²) in [7, 11) is 0. The van der Waals surface area contributed by atoms with Crippen molar-refractivity contribution >= 4 is 29.1 Å². The van der Waals surface area contributed by atoms with E-state index in [0.29, 0.717) is 11.3 Å². The molecule has 0 N–H and O–H groups in total. The molecule has 0 heterocycles. The van der Waals surface area contributed by atoms with E-state index in [4.69, 9.17) is 11.6 Å². The monoisotopic (exact) mass is 287 g/mol. The van der Waals surface area contributed by atoms with Gasteiger partial charge in [0.05, 0.1) is 10.6 Å². The number of benzene rings is 2. The summed E-state index contributed by atoms with van der Waals surface area (Å²) in [6, 6.07) is 15.2. The van der Waals surface area contributed by atoms with Crippen molar-refractivity contribution < 1.29 is 4.92 Å². The van der Waals surface area contributed by atoms with Crippen molar-refractivity contribution in [1.82, 2.24) is 0 Å². The van der Waals surface area contributed by atoms with Gasteiger partial charge >= 0.3 is 0 Å². The van der Waals surface area contributed by atoms with Gasteiger partial charge in [-0.25, -0.2) is 0 Å². The molecule has 0 amide bonds. The Bertz CT molecular complexity index is 652. The number of halogens is 1. The maximum absolute atomic E-state index is 10.5. The van der Waals surface area contributed by atoms with E-state index in [2.05, 4.69) is 10.2 Å². The van der Waals surface area contributed by atoms with Crippen LogP contribution in [0, 0.1) is 10.1 Å². The molecule has 0 unspecified atom stereocenters. The molecule has 0 aliphatic carbocycles. The molecule has 0 bridgehead atoms. The lowest BCUT2D eigenvalue weighted by molar-refractivity contribution is -0.384. The normalized spacial score (nSPS) is 11.8. The number of hydrogen-bond acceptors (Lipinski definition) is 4. The summed E-state index contributed by atoms with van der Waals surface area (Å²) < 4.78 is 0. The zero-order chi connectivity index (χ0) is 14.4. The number of non-ortho nitro benzene ring substituents is 1. The summed E-state index contributed by atoms with van der Waals surface area (Å²) in [6.45, 7) is 0. The maximum atomic E-state index is 10.5. The van der Waals surface area contributed by atoms with E-state index in [0.717, 1.165) is 0 Å². The van der Waals surface area contributed by atoms with Crippen LogP contribution >= 0.6 is 11.6 Å². The first kappa shape index (κ1) is 13.9. The van der Waals surface area contributed by atoms with Gasteiger partial charge in [0.2, 0.25) is 0 Å². The highest BCUT2D eigenvalue weighted by Crippen LogP contribution is 2.18. The molecule has 2 rings (SSSR count). The second-order valence-electron chi connectivity index (χ2n) is 3.85. The van der Waals surface area contributed by atoms with Crippen LogP contribution in [-0.4, -0.2) is 4.92 Å². The van der Waals surface area contributed by atoms with Crippen LogP contribution in [0.1, 0.15) is 5.56 Å². The van der Waals surface area contributed by atoms with E-state index in [-0.39, 0.29) is 10.8 Å². The van der Waals surface area contributed by atoms with Crippen molar-refractivity contribution in [3.05, 3.63) is 75.4 Å². The van der Waals surface area contributed by atoms with Crippen molar-refractivity contribution in [2.24, 2.45) is 10.2 Å². The fraction of sp³-hybridized carbons (Fsp3) is 0. The molecule has 0 aliphatic rings. The molecule has 0 radical (unpaired) electrons. The summed E-state index contributed by atoms with van der Waals surface area (Å²) in [5.74, 6) is 0. The van der Waals surface area contributed by atoms with Gasteiger partial charge in [0.25, 0.3) is 5.69 Å². The quantitative estimate of drug-likeness (QED) is 0.347. The molecule has 6 heteroatoms. The van der Waals surface area contributed by atoms with Crippen LogP contribution in [-0.2, 0) is 0 Å². The third-order valence-corrected chi connectivity index (χ3v) is 2.59. The summed E-state index contributed by atoms with van der Waals surface area (Å²) in [5.41, 5.74) is 1.44. The summed E-state index contributed by atoms with van der Waals surface area (Å²) >= 11 is 5.93. The average molecular weight is 288 g/mol. The fourth-order valence-electron chi connectivity index (χ4n) is 1.46. The van der Waals surface area contributed by atoms with E-state index >= 15 is 0 Å². The summed E-state index contributed by atoms with van der Waals surface area (Å²) in [5, 5.41) is 18.6. The zero-order valence-electron chi connectivity index (χ0n) is 10.3. The summed E-state index contributed by atoms with van der Waals surface area (Å²) in [4.78, 5) is 10.1. The highest BCUT2D eigenvalue weighted by molar-refractivity contribution is 6.31. The molecule has 0 aromatic heterocycles. The van der Waals surface area contributed by atoms with Crippen LogP contribution in [0.5, 0.6) is 0 Å². The Morgan fingerprint density at radius 3 is 2.35 bits per heavy atom. The second kappa shape index (κ2) is 6.58. The van der Waals surface area contributed by atoms with Crippen molar-refractivity contribution in [2.45, 2.75) is 0 Å². The molecule has 0 spiro atoms. The lowest BCUT2D eigenvalue weighted by Gasteiger charge is -1.94. The minimum Gasteiger partial charge on any atom is -0.258 e. The van der Waals surface area contributed by atoms with E-state index < -0.39 is 4.92 Å². The first-order valence-electron chi connectivity index (χ1n) is 5.73. The predicted octanol–water partition coefficient (Wildman–Crippen LogP) is 4.92. The molecular weight excluding hydrogens is 278 g/mol. The highest BCUT2D eigenvalue weighted by atomic mass is 35.5. The Morgan fingerprint density at radius 1 is 1.10 bits per heavy atom. The molecule has 0 saturated carbocycles. The van der Waals surface area contributed by atoms with Crippen LogP contribution in [0.2, 0.25) is 0 Å². The van der Waals surface area contributed by atoms with Crippen molar-refractivity contribution in [2.75, 3.05) is 0 Å². The van der Waals surface area contributed by atoms with Crippen LogP contribution in [0.4, 0.5) is 11.4 Å². The molecule has 100 valence electrons. The molecular formula is C14H10ClN3O2.